The summed E-state index contributed by atoms with van der Waals surface area (Å²) in [6.07, 6.45) is 2.86. The van der Waals surface area contributed by atoms with Crippen molar-refractivity contribution in [2.24, 2.45) is 0 Å². The summed E-state index contributed by atoms with van der Waals surface area (Å²) in [5, 5.41) is 2.86. The van der Waals surface area contributed by atoms with E-state index in [0.717, 1.165) is 24.9 Å². The Hall–Kier alpha value is -2.18. The second kappa shape index (κ2) is 8.23. The van der Waals surface area contributed by atoms with Crippen LogP contribution < -0.4 is 5.32 Å². The molecule has 1 aliphatic rings. The molecule has 1 fully saturated rings. The van der Waals surface area contributed by atoms with Crippen molar-refractivity contribution in [3.8, 4) is 0 Å². The van der Waals surface area contributed by atoms with E-state index >= 15 is 0 Å². The first-order chi connectivity index (χ1) is 12.9. The minimum absolute atomic E-state index is 0.235. The van der Waals surface area contributed by atoms with Crippen molar-refractivity contribution in [3.63, 3.8) is 0 Å². The lowest BCUT2D eigenvalue weighted by molar-refractivity contribution is 0.102. The Labute approximate surface area is 161 Å². The Morgan fingerprint density at radius 1 is 1.04 bits per heavy atom. The molecule has 0 aromatic heterocycles. The molecule has 1 aliphatic heterocycles. The van der Waals surface area contributed by atoms with E-state index in [0.29, 0.717) is 24.6 Å². The fraction of sp³-hybridized carbons (Fsp3) is 0.381. The van der Waals surface area contributed by atoms with Gasteiger partial charge in [-0.05, 0) is 67.1 Å². The van der Waals surface area contributed by atoms with Crippen LogP contribution in [0.25, 0.3) is 0 Å². The van der Waals surface area contributed by atoms with Crippen molar-refractivity contribution in [1.82, 2.24) is 4.31 Å². The molecule has 1 atom stereocenters. The number of carbonyl (C=O) groups is 1. The predicted molar refractivity (Wildman–Crippen MR) is 108 cm³/mol. The highest BCUT2D eigenvalue weighted by atomic mass is 32.2. The number of benzene rings is 2. The van der Waals surface area contributed by atoms with Crippen LogP contribution in [0, 0.1) is 0 Å². The van der Waals surface area contributed by atoms with Gasteiger partial charge < -0.3 is 5.32 Å². The van der Waals surface area contributed by atoms with Crippen LogP contribution in [0.4, 0.5) is 5.69 Å². The minimum Gasteiger partial charge on any atom is -0.322 e. The van der Waals surface area contributed by atoms with Gasteiger partial charge >= 0.3 is 0 Å². The van der Waals surface area contributed by atoms with Gasteiger partial charge in [-0.2, -0.15) is 4.31 Å². The SMILES string of the molecule is CC[C@H](C)c1ccc(NC(=O)c2ccc(S(=O)(=O)N3CCCC3)cc2)cc1. The highest BCUT2D eigenvalue weighted by molar-refractivity contribution is 7.89. The molecule has 3 rings (SSSR count). The fourth-order valence-electron chi connectivity index (χ4n) is 3.19. The molecule has 0 spiro atoms. The maximum atomic E-state index is 12.5. The average Bonchev–Trinajstić information content (AvgIpc) is 3.24. The molecule has 0 bridgehead atoms. The Balaban J connectivity index is 1.69. The van der Waals surface area contributed by atoms with Crippen LogP contribution in [0.2, 0.25) is 0 Å². The van der Waals surface area contributed by atoms with Gasteiger partial charge in [-0.25, -0.2) is 8.42 Å². The van der Waals surface area contributed by atoms with E-state index in [4.69, 9.17) is 0 Å². The monoisotopic (exact) mass is 386 g/mol. The van der Waals surface area contributed by atoms with Crippen LogP contribution in [-0.2, 0) is 10.0 Å². The van der Waals surface area contributed by atoms with E-state index in [1.807, 2.05) is 24.3 Å². The maximum Gasteiger partial charge on any atom is 0.255 e. The second-order valence-corrected chi connectivity index (χ2v) is 8.96. The lowest BCUT2D eigenvalue weighted by Crippen LogP contribution is -2.27. The number of hydrogen-bond donors (Lipinski definition) is 1. The smallest absolute Gasteiger partial charge is 0.255 e. The van der Waals surface area contributed by atoms with Crippen molar-refractivity contribution < 1.29 is 13.2 Å². The van der Waals surface area contributed by atoms with Crippen molar-refractivity contribution in [2.75, 3.05) is 18.4 Å². The normalized spacial score (nSPS) is 16.2. The van der Waals surface area contributed by atoms with Crippen LogP contribution in [0.15, 0.2) is 53.4 Å². The number of anilines is 1. The van der Waals surface area contributed by atoms with Crippen molar-refractivity contribution in [2.45, 2.75) is 43.9 Å². The Kier molecular flexibility index (Phi) is 5.97. The Morgan fingerprint density at radius 2 is 1.63 bits per heavy atom. The lowest BCUT2D eigenvalue weighted by Gasteiger charge is -2.15. The van der Waals surface area contributed by atoms with Gasteiger partial charge in [0, 0.05) is 24.3 Å². The minimum atomic E-state index is -3.45. The van der Waals surface area contributed by atoms with Crippen molar-refractivity contribution in [3.05, 3.63) is 59.7 Å². The molecule has 0 unspecified atom stereocenters. The fourth-order valence-corrected chi connectivity index (χ4v) is 4.71. The number of nitrogens with zero attached hydrogens (tertiary/aromatic N) is 1. The zero-order chi connectivity index (χ0) is 19.4. The van der Waals surface area contributed by atoms with E-state index < -0.39 is 10.0 Å². The molecule has 1 saturated heterocycles. The molecule has 0 aliphatic carbocycles. The summed E-state index contributed by atoms with van der Waals surface area (Å²) in [6, 6.07) is 14.0. The van der Waals surface area contributed by atoms with Crippen LogP contribution in [-0.4, -0.2) is 31.7 Å². The van der Waals surface area contributed by atoms with E-state index in [9.17, 15) is 13.2 Å². The van der Waals surface area contributed by atoms with Gasteiger partial charge in [0.2, 0.25) is 10.0 Å². The summed E-state index contributed by atoms with van der Waals surface area (Å²) >= 11 is 0. The highest BCUT2D eigenvalue weighted by Gasteiger charge is 2.27. The van der Waals surface area contributed by atoms with Crippen LogP contribution in [0.3, 0.4) is 0 Å². The molecule has 0 radical (unpaired) electrons. The van der Waals surface area contributed by atoms with Gasteiger partial charge in [0.05, 0.1) is 4.90 Å². The first kappa shape index (κ1) is 19.6. The second-order valence-electron chi connectivity index (χ2n) is 7.02. The third-order valence-corrected chi connectivity index (χ3v) is 7.08. The first-order valence-electron chi connectivity index (χ1n) is 9.43. The van der Waals surface area contributed by atoms with Gasteiger partial charge in [0.25, 0.3) is 5.91 Å². The molecule has 5 nitrogen and oxygen atoms in total. The zero-order valence-electron chi connectivity index (χ0n) is 15.8. The summed E-state index contributed by atoms with van der Waals surface area (Å²) in [6.45, 7) is 5.45. The molecule has 27 heavy (non-hydrogen) atoms. The number of carbonyl (C=O) groups excluding carboxylic acids is 1. The van der Waals surface area contributed by atoms with Gasteiger partial charge in [-0.15, -0.1) is 0 Å². The van der Waals surface area contributed by atoms with Crippen molar-refractivity contribution in [1.29, 1.82) is 0 Å². The van der Waals surface area contributed by atoms with E-state index in [-0.39, 0.29) is 10.8 Å². The third kappa shape index (κ3) is 4.39. The molecular weight excluding hydrogens is 360 g/mol. The number of rotatable bonds is 6. The number of sulfonamides is 1. The van der Waals surface area contributed by atoms with Gasteiger partial charge in [0.1, 0.15) is 0 Å². The molecule has 144 valence electrons. The van der Waals surface area contributed by atoms with Gasteiger partial charge in [0.15, 0.2) is 0 Å². The molecule has 1 amide bonds. The maximum absolute atomic E-state index is 12.5. The predicted octanol–water partition coefficient (Wildman–Crippen LogP) is 4.24. The third-order valence-electron chi connectivity index (χ3n) is 5.17. The highest BCUT2D eigenvalue weighted by Crippen LogP contribution is 2.22. The summed E-state index contributed by atoms with van der Waals surface area (Å²) in [4.78, 5) is 12.7. The summed E-state index contributed by atoms with van der Waals surface area (Å²) in [5.41, 5.74) is 2.40. The zero-order valence-corrected chi connectivity index (χ0v) is 16.6. The van der Waals surface area contributed by atoms with E-state index in [2.05, 4.69) is 19.2 Å². The van der Waals surface area contributed by atoms with E-state index in [1.54, 1.807) is 12.1 Å². The molecule has 1 heterocycles. The Bertz CT molecular complexity index is 884. The van der Waals surface area contributed by atoms with Crippen LogP contribution in [0.1, 0.15) is 54.9 Å². The average molecular weight is 387 g/mol. The molecular formula is C21H26N2O3S. The van der Waals surface area contributed by atoms with E-state index in [1.165, 1.54) is 22.0 Å². The van der Waals surface area contributed by atoms with Crippen molar-refractivity contribution >= 4 is 21.6 Å². The molecule has 2 aromatic carbocycles. The van der Waals surface area contributed by atoms with Gasteiger partial charge in [-0.3, -0.25) is 4.79 Å². The number of nitrogens with one attached hydrogen (secondary N) is 1. The summed E-state index contributed by atoms with van der Waals surface area (Å²) < 4.78 is 26.6. The van der Waals surface area contributed by atoms with Gasteiger partial charge in [-0.1, -0.05) is 26.0 Å². The van der Waals surface area contributed by atoms with Crippen LogP contribution >= 0.6 is 0 Å². The largest absolute Gasteiger partial charge is 0.322 e. The summed E-state index contributed by atoms with van der Waals surface area (Å²) in [7, 11) is -3.45. The quantitative estimate of drug-likeness (QED) is 0.808. The molecule has 0 saturated carbocycles. The molecule has 1 N–H and O–H groups in total. The topological polar surface area (TPSA) is 66.5 Å². The molecule has 6 heteroatoms. The molecule has 2 aromatic rings. The summed E-state index contributed by atoms with van der Waals surface area (Å²) in [5.74, 6) is 0.233. The van der Waals surface area contributed by atoms with Crippen LogP contribution in [0.5, 0.6) is 0 Å². The number of amides is 1. The first-order valence-corrected chi connectivity index (χ1v) is 10.9. The standard InChI is InChI=1S/C21H26N2O3S/c1-3-16(2)17-6-10-19(11-7-17)22-21(24)18-8-12-20(13-9-18)27(25,26)23-14-4-5-15-23/h6-13,16H,3-5,14-15H2,1-2H3,(H,22,24)/t16-/m0/s1. The lowest BCUT2D eigenvalue weighted by atomic mass is 9.98. The Morgan fingerprint density at radius 3 is 2.19 bits per heavy atom. The number of hydrogen-bond acceptors (Lipinski definition) is 3.